The molecule has 0 saturated heterocycles. The molecule has 6 heteroatoms. The molecular formula is C17H14N2O4. The van der Waals surface area contributed by atoms with Crippen molar-refractivity contribution in [1.82, 2.24) is 9.38 Å². The number of hydrogen-bond donors (Lipinski definition) is 1. The third-order valence-corrected chi connectivity index (χ3v) is 3.57. The monoisotopic (exact) mass is 310 g/mol. The number of imidazole rings is 1. The first-order chi connectivity index (χ1) is 11.0. The molecule has 0 unspecified atom stereocenters. The highest BCUT2D eigenvalue weighted by molar-refractivity contribution is 5.97. The molecule has 0 aliphatic rings. The minimum Gasteiger partial charge on any atom is -0.476 e. The maximum Gasteiger partial charge on any atom is 0.356 e. The van der Waals surface area contributed by atoms with Crippen LogP contribution in [0.15, 0.2) is 42.5 Å². The zero-order valence-electron chi connectivity index (χ0n) is 12.6. The average molecular weight is 310 g/mol. The van der Waals surface area contributed by atoms with E-state index in [1.54, 1.807) is 18.2 Å². The maximum atomic E-state index is 12.0. The Hall–Kier alpha value is -3.15. The number of benzene rings is 1. The zero-order valence-corrected chi connectivity index (χ0v) is 12.6. The molecule has 0 spiro atoms. The van der Waals surface area contributed by atoms with Gasteiger partial charge in [0.25, 0.3) is 0 Å². The lowest BCUT2D eigenvalue weighted by Crippen LogP contribution is -2.09. The fourth-order valence-electron chi connectivity index (χ4n) is 2.45. The van der Waals surface area contributed by atoms with Crippen molar-refractivity contribution in [2.75, 3.05) is 7.11 Å². The van der Waals surface area contributed by atoms with Gasteiger partial charge in [-0.2, -0.15) is 0 Å². The average Bonchev–Trinajstić information content (AvgIpc) is 2.94. The summed E-state index contributed by atoms with van der Waals surface area (Å²) in [4.78, 5) is 27.7. The predicted molar refractivity (Wildman–Crippen MR) is 83.7 cm³/mol. The first-order valence-electron chi connectivity index (χ1n) is 6.93. The van der Waals surface area contributed by atoms with Gasteiger partial charge in [-0.25, -0.2) is 14.6 Å². The van der Waals surface area contributed by atoms with Crippen LogP contribution in [0.25, 0.3) is 16.9 Å². The molecule has 23 heavy (non-hydrogen) atoms. The Morgan fingerprint density at radius 1 is 1.13 bits per heavy atom. The highest BCUT2D eigenvalue weighted by Gasteiger charge is 2.22. The van der Waals surface area contributed by atoms with Crippen LogP contribution in [0.3, 0.4) is 0 Å². The molecule has 0 radical (unpaired) electrons. The van der Waals surface area contributed by atoms with Gasteiger partial charge in [-0.3, -0.25) is 4.40 Å². The number of methoxy groups -OCH3 is 1. The van der Waals surface area contributed by atoms with Crippen molar-refractivity contribution < 1.29 is 19.4 Å². The van der Waals surface area contributed by atoms with Crippen molar-refractivity contribution in [3.63, 3.8) is 0 Å². The number of aromatic nitrogens is 2. The molecule has 0 bridgehead atoms. The number of fused-ring (bicyclic) bond motifs is 1. The summed E-state index contributed by atoms with van der Waals surface area (Å²) in [6.45, 7) is 1.95. The summed E-state index contributed by atoms with van der Waals surface area (Å²) in [7, 11) is 1.28. The fraction of sp³-hybridized carbons (Fsp3) is 0.118. The Kier molecular flexibility index (Phi) is 3.57. The molecule has 2 heterocycles. The van der Waals surface area contributed by atoms with E-state index in [2.05, 4.69) is 4.98 Å². The summed E-state index contributed by atoms with van der Waals surface area (Å²) < 4.78 is 6.30. The van der Waals surface area contributed by atoms with E-state index in [1.807, 2.05) is 31.2 Å². The van der Waals surface area contributed by atoms with Gasteiger partial charge in [0.1, 0.15) is 11.5 Å². The smallest absolute Gasteiger partial charge is 0.356 e. The molecule has 0 amide bonds. The van der Waals surface area contributed by atoms with Crippen LogP contribution in [0.1, 0.15) is 26.5 Å². The Balaban J connectivity index is 2.38. The predicted octanol–water partition coefficient (Wildman–Crippen LogP) is 2.79. The van der Waals surface area contributed by atoms with Gasteiger partial charge in [0, 0.05) is 5.56 Å². The highest BCUT2D eigenvalue weighted by atomic mass is 16.5. The normalized spacial score (nSPS) is 10.7. The van der Waals surface area contributed by atoms with Gasteiger partial charge in [-0.15, -0.1) is 0 Å². The summed E-state index contributed by atoms with van der Waals surface area (Å²) in [5.41, 5.74) is 2.25. The second-order valence-electron chi connectivity index (χ2n) is 5.08. The number of carboxylic acid groups (broad SMARTS) is 1. The van der Waals surface area contributed by atoms with Crippen molar-refractivity contribution in [1.29, 1.82) is 0 Å². The molecule has 3 rings (SSSR count). The van der Waals surface area contributed by atoms with Crippen molar-refractivity contribution in [2.24, 2.45) is 0 Å². The van der Waals surface area contributed by atoms with Gasteiger partial charge >= 0.3 is 11.9 Å². The third-order valence-electron chi connectivity index (χ3n) is 3.57. The highest BCUT2D eigenvalue weighted by Crippen LogP contribution is 2.25. The molecule has 0 fully saturated rings. The van der Waals surface area contributed by atoms with Gasteiger partial charge in [-0.05, 0) is 19.1 Å². The zero-order chi connectivity index (χ0) is 16.6. The Bertz CT molecular complexity index is 910. The van der Waals surface area contributed by atoms with Crippen LogP contribution in [0, 0.1) is 6.92 Å². The summed E-state index contributed by atoms with van der Waals surface area (Å²) in [5, 5.41) is 9.38. The molecule has 0 aliphatic carbocycles. The van der Waals surface area contributed by atoms with E-state index < -0.39 is 11.9 Å². The molecule has 0 aliphatic heterocycles. The Labute approximate surface area is 132 Å². The summed E-state index contributed by atoms with van der Waals surface area (Å²) in [6.07, 6.45) is 0. The largest absolute Gasteiger partial charge is 0.476 e. The van der Waals surface area contributed by atoms with Crippen LogP contribution in [0.5, 0.6) is 0 Å². The second-order valence-corrected chi connectivity index (χ2v) is 5.08. The maximum absolute atomic E-state index is 12.0. The fourth-order valence-corrected chi connectivity index (χ4v) is 2.45. The first-order valence-corrected chi connectivity index (χ1v) is 6.93. The molecule has 2 aromatic heterocycles. The van der Waals surface area contributed by atoms with E-state index in [1.165, 1.54) is 11.5 Å². The number of ether oxygens (including phenoxy) is 1. The Morgan fingerprint density at radius 2 is 1.83 bits per heavy atom. The minimum absolute atomic E-state index is 0.105. The molecule has 0 saturated carbocycles. The molecule has 3 aromatic rings. The number of nitrogens with zero attached hydrogens (tertiary/aromatic N) is 2. The van der Waals surface area contributed by atoms with E-state index in [9.17, 15) is 14.7 Å². The molecule has 0 atom stereocenters. The van der Waals surface area contributed by atoms with Crippen LogP contribution >= 0.6 is 0 Å². The van der Waals surface area contributed by atoms with E-state index in [-0.39, 0.29) is 11.4 Å². The van der Waals surface area contributed by atoms with Gasteiger partial charge in [0.2, 0.25) is 0 Å². The van der Waals surface area contributed by atoms with Crippen molar-refractivity contribution in [3.05, 3.63) is 59.4 Å². The number of rotatable bonds is 3. The van der Waals surface area contributed by atoms with Crippen LogP contribution in [-0.4, -0.2) is 33.5 Å². The summed E-state index contributed by atoms with van der Waals surface area (Å²) in [6, 6.07) is 12.3. The first kappa shape index (κ1) is 14.8. The van der Waals surface area contributed by atoms with Crippen molar-refractivity contribution in [2.45, 2.75) is 6.92 Å². The van der Waals surface area contributed by atoms with Gasteiger partial charge in [0.15, 0.2) is 5.69 Å². The summed E-state index contributed by atoms with van der Waals surface area (Å²) in [5.74, 6) is -1.32. The number of carbonyl (C=O) groups excluding carboxylic acids is 1. The lowest BCUT2D eigenvalue weighted by molar-refractivity contribution is 0.0591. The van der Waals surface area contributed by atoms with Crippen molar-refractivity contribution in [3.8, 4) is 11.4 Å². The SMILES string of the molecule is COC(=O)c1cccc2c(C(=O)O)nc(-c3ccc(C)cc3)n12. The minimum atomic E-state index is -1.15. The van der Waals surface area contributed by atoms with E-state index in [4.69, 9.17) is 4.74 Å². The number of esters is 1. The topological polar surface area (TPSA) is 80.9 Å². The number of pyridine rings is 1. The lowest BCUT2D eigenvalue weighted by atomic mass is 10.1. The van der Waals surface area contributed by atoms with Gasteiger partial charge in [0.05, 0.1) is 12.6 Å². The lowest BCUT2D eigenvalue weighted by Gasteiger charge is -2.07. The number of aromatic carboxylic acids is 1. The molecule has 1 N–H and O–H groups in total. The Morgan fingerprint density at radius 3 is 2.43 bits per heavy atom. The van der Waals surface area contributed by atoms with Gasteiger partial charge in [-0.1, -0.05) is 35.9 Å². The number of carboxylic acids is 1. The summed E-state index contributed by atoms with van der Waals surface area (Å²) >= 11 is 0. The molecule has 1 aromatic carbocycles. The van der Waals surface area contributed by atoms with Crippen LogP contribution < -0.4 is 0 Å². The van der Waals surface area contributed by atoms with Crippen LogP contribution in [-0.2, 0) is 4.74 Å². The standard InChI is InChI=1S/C17H14N2O4/c1-10-6-8-11(9-7-10)15-18-14(16(20)21)12-4-3-5-13(19(12)15)17(22)23-2/h3-9H,1-2H3,(H,20,21). The molecule has 116 valence electrons. The van der Waals surface area contributed by atoms with Crippen LogP contribution in [0.4, 0.5) is 0 Å². The number of hydrogen-bond acceptors (Lipinski definition) is 4. The van der Waals surface area contributed by atoms with Gasteiger partial charge < -0.3 is 9.84 Å². The number of carbonyl (C=O) groups is 2. The molecule has 6 nitrogen and oxygen atoms in total. The quantitative estimate of drug-likeness (QED) is 0.752. The van der Waals surface area contributed by atoms with E-state index in [0.717, 1.165) is 11.1 Å². The van der Waals surface area contributed by atoms with E-state index >= 15 is 0 Å². The number of aryl methyl sites for hydroxylation is 1. The third kappa shape index (κ3) is 2.44. The van der Waals surface area contributed by atoms with Crippen molar-refractivity contribution >= 4 is 17.5 Å². The van der Waals surface area contributed by atoms with E-state index in [0.29, 0.717) is 11.3 Å². The second kappa shape index (κ2) is 5.57. The van der Waals surface area contributed by atoms with Crippen LogP contribution in [0.2, 0.25) is 0 Å². The molecular weight excluding hydrogens is 296 g/mol.